The van der Waals surface area contributed by atoms with Gasteiger partial charge in [0.25, 0.3) is 5.91 Å². The highest BCUT2D eigenvalue weighted by Gasteiger charge is 2.21. The fourth-order valence-corrected chi connectivity index (χ4v) is 3.48. The number of pyridine rings is 1. The summed E-state index contributed by atoms with van der Waals surface area (Å²) in [6.45, 7) is 3.94. The molecule has 2 aromatic heterocycles. The van der Waals surface area contributed by atoms with Gasteiger partial charge in [-0.15, -0.1) is 0 Å². The summed E-state index contributed by atoms with van der Waals surface area (Å²) in [5, 5.41) is 3.40. The molecule has 0 aliphatic rings. The van der Waals surface area contributed by atoms with E-state index in [4.69, 9.17) is 16.3 Å². The standard InChI is InChI=1S/C18H17BrClN3O2/c1-4-13-16(23-9-11(19)7-10(2)17(23)21-13)18(24)22-14-8-12(20)5-6-15(14)25-3/h5-9H,4H2,1-3H3,(H,22,24). The number of anilines is 1. The van der Waals surface area contributed by atoms with Crippen LogP contribution >= 0.6 is 27.5 Å². The van der Waals surface area contributed by atoms with Crippen molar-refractivity contribution in [2.45, 2.75) is 20.3 Å². The maximum absolute atomic E-state index is 13.0. The molecule has 3 rings (SSSR count). The van der Waals surface area contributed by atoms with Crippen molar-refractivity contribution in [1.29, 1.82) is 0 Å². The smallest absolute Gasteiger partial charge is 0.274 e. The van der Waals surface area contributed by atoms with Crippen LogP contribution in [-0.2, 0) is 6.42 Å². The zero-order valence-electron chi connectivity index (χ0n) is 14.1. The lowest BCUT2D eigenvalue weighted by molar-refractivity contribution is 0.102. The molecule has 0 spiro atoms. The van der Waals surface area contributed by atoms with Crippen LogP contribution in [-0.4, -0.2) is 22.4 Å². The van der Waals surface area contributed by atoms with E-state index in [1.54, 1.807) is 25.3 Å². The Balaban J connectivity index is 2.10. The Morgan fingerprint density at radius 2 is 2.16 bits per heavy atom. The van der Waals surface area contributed by atoms with Gasteiger partial charge in [0.1, 0.15) is 17.1 Å². The minimum absolute atomic E-state index is 0.262. The Labute approximate surface area is 159 Å². The molecule has 1 aromatic carbocycles. The lowest BCUT2D eigenvalue weighted by Crippen LogP contribution is -2.17. The first kappa shape index (κ1) is 17.8. The van der Waals surface area contributed by atoms with Crippen LogP contribution in [0.3, 0.4) is 0 Å². The third kappa shape index (κ3) is 3.37. The molecule has 0 saturated carbocycles. The van der Waals surface area contributed by atoms with Crippen LogP contribution in [0.2, 0.25) is 5.02 Å². The van der Waals surface area contributed by atoms with Crippen molar-refractivity contribution in [2.75, 3.05) is 12.4 Å². The quantitative estimate of drug-likeness (QED) is 0.652. The van der Waals surface area contributed by atoms with Crippen molar-refractivity contribution in [3.63, 3.8) is 0 Å². The van der Waals surface area contributed by atoms with E-state index in [0.29, 0.717) is 28.6 Å². The van der Waals surface area contributed by atoms with Gasteiger partial charge in [-0.2, -0.15) is 0 Å². The first-order chi connectivity index (χ1) is 11.9. The molecule has 25 heavy (non-hydrogen) atoms. The number of methoxy groups -OCH3 is 1. The first-order valence-electron chi connectivity index (χ1n) is 7.76. The third-order valence-electron chi connectivity index (χ3n) is 3.90. The van der Waals surface area contributed by atoms with Gasteiger partial charge in [0, 0.05) is 15.7 Å². The maximum atomic E-state index is 13.0. The molecule has 5 nitrogen and oxygen atoms in total. The van der Waals surface area contributed by atoms with Gasteiger partial charge in [-0.05, 0) is 59.1 Å². The number of nitrogens with one attached hydrogen (secondary N) is 1. The predicted octanol–water partition coefficient (Wildman–Crippen LogP) is 4.88. The number of fused-ring (bicyclic) bond motifs is 1. The molecule has 0 bridgehead atoms. The number of aromatic nitrogens is 2. The molecule has 0 radical (unpaired) electrons. The summed E-state index contributed by atoms with van der Waals surface area (Å²) in [7, 11) is 1.55. The monoisotopic (exact) mass is 421 g/mol. The molecule has 0 aliphatic heterocycles. The van der Waals surface area contributed by atoms with E-state index in [1.165, 1.54) is 0 Å². The maximum Gasteiger partial charge on any atom is 0.274 e. The molecule has 0 unspecified atom stereocenters. The molecular formula is C18H17BrClN3O2. The number of hydrogen-bond acceptors (Lipinski definition) is 3. The first-order valence-corrected chi connectivity index (χ1v) is 8.93. The second kappa shape index (κ2) is 7.06. The largest absolute Gasteiger partial charge is 0.495 e. The molecule has 0 aliphatic carbocycles. The highest BCUT2D eigenvalue weighted by Crippen LogP contribution is 2.29. The van der Waals surface area contributed by atoms with Crippen molar-refractivity contribution in [2.24, 2.45) is 0 Å². The van der Waals surface area contributed by atoms with E-state index in [2.05, 4.69) is 26.2 Å². The Hall–Kier alpha value is -2.05. The van der Waals surface area contributed by atoms with Gasteiger partial charge in [-0.1, -0.05) is 18.5 Å². The predicted molar refractivity (Wildman–Crippen MR) is 103 cm³/mol. The van der Waals surface area contributed by atoms with Crippen molar-refractivity contribution in [3.05, 3.63) is 56.9 Å². The summed E-state index contributed by atoms with van der Waals surface area (Å²) in [5.41, 5.74) is 3.51. The van der Waals surface area contributed by atoms with Crippen LogP contribution in [0.15, 0.2) is 34.9 Å². The molecule has 3 aromatic rings. The number of imidazole rings is 1. The number of halogens is 2. The minimum Gasteiger partial charge on any atom is -0.495 e. The number of amides is 1. The van der Waals surface area contributed by atoms with Gasteiger partial charge in [0.15, 0.2) is 0 Å². The number of ether oxygens (including phenoxy) is 1. The highest BCUT2D eigenvalue weighted by molar-refractivity contribution is 9.10. The van der Waals surface area contributed by atoms with Gasteiger partial charge in [-0.25, -0.2) is 4.98 Å². The fraction of sp³-hybridized carbons (Fsp3) is 0.222. The third-order valence-corrected chi connectivity index (χ3v) is 4.57. The summed E-state index contributed by atoms with van der Waals surface area (Å²) in [6, 6.07) is 7.06. The topological polar surface area (TPSA) is 55.6 Å². The lowest BCUT2D eigenvalue weighted by atomic mass is 10.2. The zero-order valence-corrected chi connectivity index (χ0v) is 16.4. The summed E-state index contributed by atoms with van der Waals surface area (Å²) >= 11 is 9.53. The van der Waals surface area contributed by atoms with Crippen molar-refractivity contribution in [3.8, 4) is 5.75 Å². The fourth-order valence-electron chi connectivity index (χ4n) is 2.76. The van der Waals surface area contributed by atoms with Crippen LogP contribution in [0.5, 0.6) is 5.75 Å². The number of rotatable bonds is 4. The second-order valence-electron chi connectivity index (χ2n) is 5.59. The van der Waals surface area contributed by atoms with Crippen molar-refractivity contribution < 1.29 is 9.53 Å². The number of hydrogen-bond donors (Lipinski definition) is 1. The van der Waals surface area contributed by atoms with Crippen LogP contribution in [0.25, 0.3) is 5.65 Å². The molecule has 1 N–H and O–H groups in total. The Bertz CT molecular complexity index is 969. The minimum atomic E-state index is -0.262. The number of carbonyl (C=O) groups is 1. The number of nitrogens with zero attached hydrogens (tertiary/aromatic N) is 2. The van der Waals surface area contributed by atoms with Gasteiger partial charge < -0.3 is 10.1 Å². The molecular weight excluding hydrogens is 406 g/mol. The number of benzene rings is 1. The van der Waals surface area contributed by atoms with E-state index < -0.39 is 0 Å². The Morgan fingerprint density at radius 1 is 1.40 bits per heavy atom. The van der Waals surface area contributed by atoms with Gasteiger partial charge in [0.05, 0.1) is 18.5 Å². The van der Waals surface area contributed by atoms with Crippen LogP contribution in [0.4, 0.5) is 5.69 Å². The molecule has 130 valence electrons. The van der Waals surface area contributed by atoms with Crippen molar-refractivity contribution in [1.82, 2.24) is 9.38 Å². The molecule has 0 fully saturated rings. The summed E-state index contributed by atoms with van der Waals surface area (Å²) in [4.78, 5) is 17.6. The van der Waals surface area contributed by atoms with E-state index >= 15 is 0 Å². The molecule has 0 atom stereocenters. The average Bonchev–Trinajstić information content (AvgIpc) is 2.94. The van der Waals surface area contributed by atoms with E-state index in [9.17, 15) is 4.79 Å². The van der Waals surface area contributed by atoms with Gasteiger partial charge in [0.2, 0.25) is 0 Å². The summed E-state index contributed by atoms with van der Waals surface area (Å²) in [6.07, 6.45) is 2.49. The van der Waals surface area contributed by atoms with E-state index in [0.717, 1.165) is 21.4 Å². The SMILES string of the molecule is CCc1nc2c(C)cc(Br)cn2c1C(=O)Nc1cc(Cl)ccc1OC. The Kier molecular flexibility index (Phi) is 5.01. The zero-order chi connectivity index (χ0) is 18.1. The number of aryl methyl sites for hydroxylation is 2. The lowest BCUT2D eigenvalue weighted by Gasteiger charge is -2.11. The normalized spacial score (nSPS) is 10.9. The molecule has 1 amide bonds. The van der Waals surface area contributed by atoms with E-state index in [-0.39, 0.29) is 5.91 Å². The molecule has 2 heterocycles. The molecule has 7 heteroatoms. The van der Waals surface area contributed by atoms with E-state index in [1.807, 2.05) is 30.5 Å². The van der Waals surface area contributed by atoms with Crippen LogP contribution in [0.1, 0.15) is 28.7 Å². The van der Waals surface area contributed by atoms with Crippen LogP contribution < -0.4 is 10.1 Å². The highest BCUT2D eigenvalue weighted by atomic mass is 79.9. The Morgan fingerprint density at radius 3 is 2.84 bits per heavy atom. The second-order valence-corrected chi connectivity index (χ2v) is 6.95. The van der Waals surface area contributed by atoms with Crippen LogP contribution in [0, 0.1) is 6.92 Å². The summed E-state index contributed by atoms with van der Waals surface area (Å²) < 4.78 is 7.99. The molecule has 0 saturated heterocycles. The van der Waals surface area contributed by atoms with Gasteiger partial charge >= 0.3 is 0 Å². The average molecular weight is 423 g/mol. The summed E-state index contributed by atoms with van der Waals surface area (Å²) in [5.74, 6) is 0.282. The van der Waals surface area contributed by atoms with Crippen molar-refractivity contribution >= 4 is 44.8 Å². The number of carbonyl (C=O) groups excluding carboxylic acids is 1. The van der Waals surface area contributed by atoms with Gasteiger partial charge in [-0.3, -0.25) is 9.20 Å².